The second kappa shape index (κ2) is 8.55. The molecule has 0 unspecified atom stereocenters. The Morgan fingerprint density at radius 1 is 0.643 bits per heavy atom. The minimum absolute atomic E-state index is 1.04. The minimum Gasteiger partial charge on any atom is -0.0879 e. The molecule has 0 N–H and O–H groups in total. The van der Waals surface area contributed by atoms with Crippen molar-refractivity contribution in [2.24, 2.45) is 0 Å². The quantitative estimate of drug-likeness (QED) is 0.494. The van der Waals surface area contributed by atoms with Gasteiger partial charge in [-0.2, -0.15) is 0 Å². The van der Waals surface area contributed by atoms with Gasteiger partial charge in [-0.25, -0.2) is 0 Å². The van der Waals surface area contributed by atoms with Gasteiger partial charge in [-0.1, -0.05) is 42.5 Å². The van der Waals surface area contributed by atoms with Crippen molar-refractivity contribution in [1.29, 1.82) is 0 Å². The smallest absolute Gasteiger partial charge is 0.0163 e. The maximum absolute atomic E-state index is 3.29. The van der Waals surface area contributed by atoms with Crippen molar-refractivity contribution in [1.82, 2.24) is 0 Å². The fourth-order valence-corrected chi connectivity index (χ4v) is 1.33. The van der Waals surface area contributed by atoms with Gasteiger partial charge in [0.2, 0.25) is 0 Å². The largest absolute Gasteiger partial charge is 0.0879 e. The van der Waals surface area contributed by atoms with Crippen LogP contribution in [0.3, 0.4) is 0 Å². The Kier molecular flexibility index (Phi) is 6.74. The predicted octanol–water partition coefficient (Wildman–Crippen LogP) is 4.37. The lowest BCUT2D eigenvalue weighted by molar-refractivity contribution is 1.00. The molecule has 14 heavy (non-hydrogen) atoms. The molecule has 0 aromatic heterocycles. The molecular weight excluding hydrogens is 168 g/mol. The van der Waals surface area contributed by atoms with Crippen molar-refractivity contribution in [3.05, 3.63) is 48.6 Å². The Hall–Kier alpha value is -1.04. The summed E-state index contributed by atoms with van der Waals surface area (Å²) in [6.45, 7) is 0. The molecule has 0 atom stereocenters. The van der Waals surface area contributed by atoms with Crippen molar-refractivity contribution < 1.29 is 0 Å². The van der Waals surface area contributed by atoms with Gasteiger partial charge in [0.15, 0.2) is 0 Å². The normalized spacial score (nSPS) is 28.6. The zero-order chi connectivity index (χ0) is 9.90. The van der Waals surface area contributed by atoms with E-state index in [-0.39, 0.29) is 0 Å². The van der Waals surface area contributed by atoms with Crippen LogP contribution in [-0.2, 0) is 0 Å². The fourth-order valence-electron chi connectivity index (χ4n) is 1.33. The third kappa shape index (κ3) is 6.47. The summed E-state index contributed by atoms with van der Waals surface area (Å²) in [5.41, 5.74) is 0. The lowest BCUT2D eigenvalue weighted by Crippen LogP contribution is -1.70. The number of rotatable bonds is 0. The van der Waals surface area contributed by atoms with Gasteiger partial charge in [-0.3, -0.25) is 0 Å². The Morgan fingerprint density at radius 3 is 2.07 bits per heavy atom. The maximum atomic E-state index is 3.29. The van der Waals surface area contributed by atoms with Gasteiger partial charge in [0.05, 0.1) is 0 Å². The summed E-state index contributed by atoms with van der Waals surface area (Å²) in [6.07, 6.45) is 25.5. The molecule has 1 rings (SSSR count). The Morgan fingerprint density at radius 2 is 1.29 bits per heavy atom. The topological polar surface area (TPSA) is 0 Å². The lowest BCUT2D eigenvalue weighted by atomic mass is 10.2. The van der Waals surface area contributed by atoms with Gasteiger partial charge in [0.25, 0.3) is 0 Å². The van der Waals surface area contributed by atoms with Crippen LogP contribution in [0.25, 0.3) is 0 Å². The molecule has 1 radical (unpaired) electrons. The second-order valence-corrected chi connectivity index (χ2v) is 3.41. The monoisotopic (exact) mass is 187 g/mol. The highest BCUT2D eigenvalue weighted by atomic mass is 13.9. The molecule has 0 spiro atoms. The third-order valence-electron chi connectivity index (χ3n) is 2.13. The summed E-state index contributed by atoms with van der Waals surface area (Å²) >= 11 is 0. The van der Waals surface area contributed by atoms with Crippen molar-refractivity contribution in [3.63, 3.8) is 0 Å². The van der Waals surface area contributed by atoms with Crippen molar-refractivity contribution in [2.45, 2.75) is 38.5 Å². The van der Waals surface area contributed by atoms with Crippen LogP contribution in [-0.4, -0.2) is 0 Å². The van der Waals surface area contributed by atoms with Gasteiger partial charge < -0.3 is 0 Å². The molecule has 0 amide bonds. The zero-order valence-electron chi connectivity index (χ0n) is 8.78. The molecule has 0 fully saturated rings. The van der Waals surface area contributed by atoms with Crippen LogP contribution in [0.2, 0.25) is 0 Å². The molecular formula is C14H19. The molecule has 0 aromatic rings. The molecule has 0 saturated heterocycles. The standard InChI is InChI=1S/C14H19/c1-2-4-6-8-10-12-14-13-11-9-7-5-3-1/h1-2,5,7-8,10,14H,3-4,6,9,11-12H2/b2-1+,7-5-,10-8-,14-13?. The first kappa shape index (κ1) is 11.0. The Bertz CT molecular complexity index is 178. The second-order valence-electron chi connectivity index (χ2n) is 3.41. The summed E-state index contributed by atoms with van der Waals surface area (Å²) in [6, 6.07) is 0. The first-order valence-corrected chi connectivity index (χ1v) is 5.50. The molecule has 0 aliphatic heterocycles. The van der Waals surface area contributed by atoms with Gasteiger partial charge in [-0.15, -0.1) is 0 Å². The molecule has 0 aromatic carbocycles. The van der Waals surface area contributed by atoms with E-state index in [1.54, 1.807) is 0 Å². The first-order chi connectivity index (χ1) is 7.00. The summed E-state index contributed by atoms with van der Waals surface area (Å²) in [4.78, 5) is 0. The number of allylic oxidation sites excluding steroid dienone is 8. The van der Waals surface area contributed by atoms with E-state index in [1.807, 2.05) is 0 Å². The van der Waals surface area contributed by atoms with Crippen molar-refractivity contribution >= 4 is 0 Å². The van der Waals surface area contributed by atoms with Gasteiger partial charge in [0, 0.05) is 0 Å². The van der Waals surface area contributed by atoms with E-state index in [9.17, 15) is 0 Å². The van der Waals surface area contributed by atoms with E-state index in [0.29, 0.717) is 0 Å². The average molecular weight is 187 g/mol. The molecule has 0 saturated carbocycles. The van der Waals surface area contributed by atoms with E-state index in [2.05, 4.69) is 48.6 Å². The fraction of sp³-hybridized carbons (Fsp3) is 0.429. The van der Waals surface area contributed by atoms with Crippen LogP contribution in [0, 0.1) is 6.08 Å². The van der Waals surface area contributed by atoms with E-state index in [4.69, 9.17) is 0 Å². The SMILES string of the molecule is [C]1=C/C/C=C\CC/C=C/C/C=C\CC/1. The Balaban J connectivity index is 2.33. The third-order valence-corrected chi connectivity index (χ3v) is 2.13. The van der Waals surface area contributed by atoms with E-state index in [0.717, 1.165) is 38.5 Å². The van der Waals surface area contributed by atoms with Crippen LogP contribution in [0.1, 0.15) is 38.5 Å². The molecule has 1 aliphatic carbocycles. The van der Waals surface area contributed by atoms with Crippen LogP contribution in [0.15, 0.2) is 42.5 Å². The Labute approximate surface area is 87.7 Å². The first-order valence-electron chi connectivity index (χ1n) is 5.50. The van der Waals surface area contributed by atoms with Crippen LogP contribution < -0.4 is 0 Å². The molecule has 1 aliphatic rings. The highest BCUT2D eigenvalue weighted by Crippen LogP contribution is 2.00. The predicted molar refractivity (Wildman–Crippen MR) is 62.9 cm³/mol. The summed E-state index contributed by atoms with van der Waals surface area (Å²) in [5.74, 6) is 0. The highest BCUT2D eigenvalue weighted by molar-refractivity contribution is 4.96. The van der Waals surface area contributed by atoms with E-state index in [1.165, 1.54) is 0 Å². The number of hydrogen-bond acceptors (Lipinski definition) is 0. The summed E-state index contributed by atoms with van der Waals surface area (Å²) < 4.78 is 0. The molecule has 75 valence electrons. The molecule has 0 heteroatoms. The van der Waals surface area contributed by atoms with Gasteiger partial charge in [0.1, 0.15) is 0 Å². The maximum Gasteiger partial charge on any atom is -0.0163 e. The van der Waals surface area contributed by atoms with Gasteiger partial charge in [-0.05, 0) is 44.6 Å². The van der Waals surface area contributed by atoms with Crippen molar-refractivity contribution in [3.8, 4) is 0 Å². The number of hydrogen-bond donors (Lipinski definition) is 0. The summed E-state index contributed by atoms with van der Waals surface area (Å²) in [7, 11) is 0. The molecule has 0 nitrogen and oxygen atoms in total. The van der Waals surface area contributed by atoms with Crippen LogP contribution >= 0.6 is 0 Å². The molecule has 0 bridgehead atoms. The van der Waals surface area contributed by atoms with E-state index < -0.39 is 0 Å². The van der Waals surface area contributed by atoms with Crippen LogP contribution in [0.4, 0.5) is 0 Å². The van der Waals surface area contributed by atoms with E-state index >= 15 is 0 Å². The average Bonchev–Trinajstić information content (AvgIpc) is 2.22. The summed E-state index contributed by atoms with van der Waals surface area (Å²) in [5, 5.41) is 0. The highest BCUT2D eigenvalue weighted by Gasteiger charge is 1.80. The van der Waals surface area contributed by atoms with Crippen LogP contribution in [0.5, 0.6) is 0 Å². The van der Waals surface area contributed by atoms with Gasteiger partial charge >= 0.3 is 0 Å². The zero-order valence-corrected chi connectivity index (χ0v) is 8.78. The molecule has 0 heterocycles. The van der Waals surface area contributed by atoms with Crippen molar-refractivity contribution in [2.75, 3.05) is 0 Å². The minimum atomic E-state index is 1.04. The lowest BCUT2D eigenvalue weighted by Gasteiger charge is -1.90.